The van der Waals surface area contributed by atoms with E-state index in [-0.39, 0.29) is 0 Å². The monoisotopic (exact) mass is 118 g/mol. The van der Waals surface area contributed by atoms with Crippen LogP contribution in [0.5, 0.6) is 0 Å². The van der Waals surface area contributed by atoms with Gasteiger partial charge in [0.25, 0.3) is 0 Å². The van der Waals surface area contributed by atoms with Crippen molar-refractivity contribution >= 4 is 7.85 Å². The first-order valence-electron chi connectivity index (χ1n) is 4.12. The van der Waals surface area contributed by atoms with Gasteiger partial charge in [-0.05, 0) is 36.5 Å². The Labute approximate surface area is 57.4 Å². The largest absolute Gasteiger partial charge is 0.0740 e. The third kappa shape index (κ3) is 0.377. The number of hydrogen-bond donors (Lipinski definition) is 0. The van der Waals surface area contributed by atoms with E-state index < -0.39 is 0 Å². The number of rotatable bonds is 0. The van der Waals surface area contributed by atoms with Gasteiger partial charge in [-0.1, -0.05) is 12.2 Å². The third-order valence-corrected chi connectivity index (χ3v) is 3.89. The van der Waals surface area contributed by atoms with E-state index in [1.54, 1.807) is 0 Å². The van der Waals surface area contributed by atoms with Gasteiger partial charge in [0.15, 0.2) is 0 Å². The zero-order valence-corrected chi connectivity index (χ0v) is 5.59. The minimum absolute atomic E-state index is 0.596. The molecule has 5 atom stereocenters. The topological polar surface area (TPSA) is 0 Å². The highest BCUT2D eigenvalue weighted by Gasteiger charge is 2.59. The quantitative estimate of drug-likeness (QED) is 0.424. The Balaban J connectivity index is 1.93. The molecule has 0 heterocycles. The van der Waals surface area contributed by atoms with Crippen molar-refractivity contribution in [1.29, 1.82) is 0 Å². The average Bonchev–Trinajstić information content (AvgIpc) is 2.01. The molecule has 0 aromatic heterocycles. The highest BCUT2D eigenvalue weighted by molar-refractivity contribution is 6.12. The molecule has 0 nitrogen and oxygen atoms in total. The molecular weight excluding hydrogens is 107 g/mol. The Hall–Kier alpha value is 0.0649. The van der Waals surface area contributed by atoms with Crippen molar-refractivity contribution in [2.75, 3.05) is 0 Å². The van der Waals surface area contributed by atoms with Crippen LogP contribution >= 0.6 is 0 Å². The summed E-state index contributed by atoms with van der Waals surface area (Å²) in [6.07, 6.45) is 4.35. The SMILES string of the molecule is [B]C1CC2CC3CC1C23. The van der Waals surface area contributed by atoms with Crippen molar-refractivity contribution in [3.05, 3.63) is 0 Å². The van der Waals surface area contributed by atoms with Crippen LogP contribution in [-0.4, -0.2) is 7.85 Å². The molecule has 0 spiro atoms. The summed E-state index contributed by atoms with van der Waals surface area (Å²) >= 11 is 0. The van der Waals surface area contributed by atoms with Gasteiger partial charge in [0, 0.05) is 0 Å². The third-order valence-electron chi connectivity index (χ3n) is 3.89. The van der Waals surface area contributed by atoms with Gasteiger partial charge < -0.3 is 0 Å². The minimum atomic E-state index is 0.596. The summed E-state index contributed by atoms with van der Waals surface area (Å²) in [5, 5.41) is 0. The second-order valence-corrected chi connectivity index (χ2v) is 4.13. The summed E-state index contributed by atoms with van der Waals surface area (Å²) in [4.78, 5) is 0. The van der Waals surface area contributed by atoms with Crippen LogP contribution < -0.4 is 0 Å². The van der Waals surface area contributed by atoms with Crippen LogP contribution in [-0.2, 0) is 0 Å². The van der Waals surface area contributed by atoms with Crippen LogP contribution in [0.3, 0.4) is 0 Å². The van der Waals surface area contributed by atoms with Crippen LogP contribution in [0.2, 0.25) is 5.82 Å². The maximum Gasteiger partial charge on any atom is 0.0703 e. The van der Waals surface area contributed by atoms with Crippen molar-refractivity contribution in [1.82, 2.24) is 0 Å². The van der Waals surface area contributed by atoms with E-state index in [1.807, 2.05) is 0 Å². The lowest BCUT2D eigenvalue weighted by Gasteiger charge is -2.54. The van der Waals surface area contributed by atoms with E-state index in [0.717, 1.165) is 23.7 Å². The molecule has 0 aliphatic heterocycles. The summed E-state index contributed by atoms with van der Waals surface area (Å²) in [6, 6.07) is 0. The molecule has 3 aliphatic carbocycles. The Kier molecular flexibility index (Phi) is 0.660. The smallest absolute Gasteiger partial charge is 0.0703 e. The highest BCUT2D eigenvalue weighted by Crippen LogP contribution is 2.68. The summed E-state index contributed by atoms with van der Waals surface area (Å²) in [7, 11) is 5.94. The van der Waals surface area contributed by atoms with E-state index in [1.165, 1.54) is 19.3 Å². The Bertz CT molecular complexity index is 151. The van der Waals surface area contributed by atoms with Gasteiger partial charge in [0.1, 0.15) is 0 Å². The van der Waals surface area contributed by atoms with Crippen molar-refractivity contribution in [3.8, 4) is 0 Å². The first-order valence-corrected chi connectivity index (χ1v) is 4.12. The molecule has 3 aliphatic rings. The van der Waals surface area contributed by atoms with Gasteiger partial charge in [-0.15, -0.1) is 0 Å². The summed E-state index contributed by atoms with van der Waals surface area (Å²) in [5.41, 5.74) is 0. The molecule has 0 amide bonds. The van der Waals surface area contributed by atoms with Crippen LogP contribution in [0.15, 0.2) is 0 Å². The zero-order chi connectivity index (χ0) is 6.01. The second-order valence-electron chi connectivity index (χ2n) is 4.13. The molecule has 0 saturated heterocycles. The first kappa shape index (κ1) is 4.82. The van der Waals surface area contributed by atoms with Crippen LogP contribution in [0.4, 0.5) is 0 Å². The van der Waals surface area contributed by atoms with Crippen LogP contribution in [0.25, 0.3) is 0 Å². The van der Waals surface area contributed by atoms with Gasteiger partial charge in [0.05, 0.1) is 7.85 Å². The minimum Gasteiger partial charge on any atom is -0.0740 e. The zero-order valence-electron chi connectivity index (χ0n) is 5.59. The Morgan fingerprint density at radius 3 is 2.33 bits per heavy atom. The van der Waals surface area contributed by atoms with Gasteiger partial charge in [-0.2, -0.15) is 0 Å². The molecule has 3 saturated carbocycles. The summed E-state index contributed by atoms with van der Waals surface area (Å²) < 4.78 is 0. The van der Waals surface area contributed by atoms with Crippen molar-refractivity contribution < 1.29 is 0 Å². The van der Waals surface area contributed by atoms with Gasteiger partial charge in [0.2, 0.25) is 0 Å². The molecule has 3 fully saturated rings. The lowest BCUT2D eigenvalue weighted by Crippen LogP contribution is -2.46. The van der Waals surface area contributed by atoms with Gasteiger partial charge >= 0.3 is 0 Å². The molecule has 0 bridgehead atoms. The standard InChI is InChI=1S/C8H11B/c9-7-3-5-1-4-2-6(7)8(4)5/h4-8H,1-3H2. The molecular formula is C8H11B. The molecule has 2 radical (unpaired) electrons. The fourth-order valence-electron chi connectivity index (χ4n) is 3.39. The van der Waals surface area contributed by atoms with Crippen molar-refractivity contribution in [2.24, 2.45) is 23.7 Å². The first-order chi connectivity index (χ1) is 4.36. The van der Waals surface area contributed by atoms with Crippen LogP contribution in [0, 0.1) is 23.7 Å². The molecule has 5 unspecified atom stereocenters. The molecule has 0 aromatic carbocycles. The van der Waals surface area contributed by atoms with Crippen molar-refractivity contribution in [3.63, 3.8) is 0 Å². The van der Waals surface area contributed by atoms with E-state index in [9.17, 15) is 0 Å². The lowest BCUT2D eigenvalue weighted by molar-refractivity contribution is -0.0393. The average molecular weight is 118 g/mol. The van der Waals surface area contributed by atoms with E-state index >= 15 is 0 Å². The summed E-state index contributed by atoms with van der Waals surface area (Å²) in [5.74, 6) is 4.88. The van der Waals surface area contributed by atoms with E-state index in [4.69, 9.17) is 7.85 Å². The molecule has 3 rings (SSSR count). The van der Waals surface area contributed by atoms with E-state index in [0.29, 0.717) is 5.82 Å². The maximum atomic E-state index is 5.94. The lowest BCUT2D eigenvalue weighted by atomic mass is 9.50. The molecule has 9 heavy (non-hydrogen) atoms. The Morgan fingerprint density at radius 1 is 1.00 bits per heavy atom. The van der Waals surface area contributed by atoms with Crippen LogP contribution in [0.1, 0.15) is 19.3 Å². The van der Waals surface area contributed by atoms with Crippen molar-refractivity contribution in [2.45, 2.75) is 25.1 Å². The molecule has 0 aromatic rings. The van der Waals surface area contributed by atoms with Gasteiger partial charge in [-0.25, -0.2) is 0 Å². The summed E-state index contributed by atoms with van der Waals surface area (Å²) in [6.45, 7) is 0. The Morgan fingerprint density at radius 2 is 1.78 bits per heavy atom. The fourth-order valence-corrected chi connectivity index (χ4v) is 3.39. The predicted octanol–water partition coefficient (Wildman–Crippen LogP) is 1.62. The predicted molar refractivity (Wildman–Crippen MR) is 37.3 cm³/mol. The highest BCUT2D eigenvalue weighted by atomic mass is 14.6. The molecule has 1 heteroatoms. The number of hydrogen-bond acceptors (Lipinski definition) is 0. The van der Waals surface area contributed by atoms with Gasteiger partial charge in [-0.3, -0.25) is 0 Å². The van der Waals surface area contributed by atoms with E-state index in [2.05, 4.69) is 0 Å². The molecule has 46 valence electrons. The second kappa shape index (κ2) is 1.23. The molecule has 0 N–H and O–H groups in total. The normalized spacial score (nSPS) is 68.2. The fraction of sp³-hybridized carbons (Fsp3) is 1.00. The maximum absolute atomic E-state index is 5.94.